The van der Waals surface area contributed by atoms with E-state index in [1.165, 1.54) is 0 Å². The molecule has 2 aliphatic heterocycles. The fourth-order valence-corrected chi connectivity index (χ4v) is 3.83. The van der Waals surface area contributed by atoms with E-state index in [1.54, 1.807) is 6.20 Å². The van der Waals surface area contributed by atoms with Crippen LogP contribution in [-0.4, -0.2) is 40.5 Å². The second kappa shape index (κ2) is 6.54. The van der Waals surface area contributed by atoms with Crippen molar-refractivity contribution in [2.75, 3.05) is 19.8 Å². The lowest BCUT2D eigenvalue weighted by molar-refractivity contribution is 0.0729. The molecule has 3 heterocycles. The molecule has 0 saturated carbocycles. The number of likely N-dealkylation sites (tertiary alicyclic amines) is 1. The topological polar surface area (TPSA) is 64.6 Å². The lowest BCUT2D eigenvalue weighted by Gasteiger charge is -2.26. The van der Waals surface area contributed by atoms with Crippen LogP contribution in [0, 0.1) is 0 Å². The summed E-state index contributed by atoms with van der Waals surface area (Å²) in [5, 5.41) is 0. The first-order chi connectivity index (χ1) is 13.3. The lowest BCUT2D eigenvalue weighted by Crippen LogP contribution is -2.31. The molecule has 0 radical (unpaired) electrons. The van der Waals surface area contributed by atoms with Gasteiger partial charge in [0.25, 0.3) is 5.91 Å². The Hall–Kier alpha value is -3.15. The normalized spacial score (nSPS) is 18.7. The number of fused-ring (bicyclic) bond motifs is 2. The summed E-state index contributed by atoms with van der Waals surface area (Å²) in [7, 11) is 0. The number of benzene rings is 2. The summed E-state index contributed by atoms with van der Waals surface area (Å²) >= 11 is 0. The summed E-state index contributed by atoms with van der Waals surface area (Å²) < 4.78 is 11.3. The van der Waals surface area contributed by atoms with Crippen LogP contribution in [0.5, 0.6) is 11.5 Å². The van der Waals surface area contributed by atoms with Crippen LogP contribution in [0.4, 0.5) is 0 Å². The second-order valence-electron chi connectivity index (χ2n) is 6.80. The molecule has 6 heteroatoms. The molecule has 27 heavy (non-hydrogen) atoms. The van der Waals surface area contributed by atoms with Crippen molar-refractivity contribution in [1.82, 2.24) is 14.9 Å². The van der Waals surface area contributed by atoms with E-state index < -0.39 is 0 Å². The highest BCUT2D eigenvalue weighted by atomic mass is 16.6. The van der Waals surface area contributed by atoms with Crippen LogP contribution in [0.15, 0.2) is 48.7 Å². The van der Waals surface area contributed by atoms with Crippen molar-refractivity contribution in [3.05, 3.63) is 59.9 Å². The van der Waals surface area contributed by atoms with E-state index in [4.69, 9.17) is 9.47 Å². The third-order valence-electron chi connectivity index (χ3n) is 5.13. The molecule has 136 valence electrons. The molecule has 0 unspecified atom stereocenters. The van der Waals surface area contributed by atoms with Crippen LogP contribution in [0.2, 0.25) is 0 Å². The van der Waals surface area contributed by atoms with Gasteiger partial charge in [-0.3, -0.25) is 9.78 Å². The number of amides is 1. The van der Waals surface area contributed by atoms with Crippen LogP contribution < -0.4 is 9.47 Å². The Kier molecular flexibility index (Phi) is 3.89. The summed E-state index contributed by atoms with van der Waals surface area (Å²) in [4.78, 5) is 23.9. The van der Waals surface area contributed by atoms with Gasteiger partial charge >= 0.3 is 0 Å². The van der Waals surface area contributed by atoms with Crippen LogP contribution in [0.25, 0.3) is 11.0 Å². The number of para-hydroxylation sites is 2. The van der Waals surface area contributed by atoms with Gasteiger partial charge in [-0.15, -0.1) is 0 Å². The van der Waals surface area contributed by atoms with Gasteiger partial charge in [0.2, 0.25) is 0 Å². The second-order valence-corrected chi connectivity index (χ2v) is 6.80. The molecule has 2 aromatic carbocycles. The number of ether oxygens (including phenoxy) is 2. The van der Waals surface area contributed by atoms with Crippen molar-refractivity contribution in [3.63, 3.8) is 0 Å². The lowest BCUT2D eigenvalue weighted by atomic mass is 10.0. The molecule has 1 amide bonds. The predicted molar refractivity (Wildman–Crippen MR) is 100.0 cm³/mol. The van der Waals surface area contributed by atoms with Crippen LogP contribution >= 0.6 is 0 Å². The van der Waals surface area contributed by atoms with Gasteiger partial charge in [0.05, 0.1) is 23.3 Å². The van der Waals surface area contributed by atoms with Gasteiger partial charge in [-0.25, -0.2) is 4.98 Å². The third-order valence-corrected chi connectivity index (χ3v) is 5.13. The Morgan fingerprint density at radius 1 is 1.04 bits per heavy atom. The molecule has 0 spiro atoms. The van der Waals surface area contributed by atoms with Crippen molar-refractivity contribution in [3.8, 4) is 11.5 Å². The minimum absolute atomic E-state index is 0.0154. The first kappa shape index (κ1) is 16.1. The minimum atomic E-state index is -0.0781. The van der Waals surface area contributed by atoms with E-state index in [0.717, 1.165) is 40.9 Å². The molecule has 0 aliphatic carbocycles. The highest BCUT2D eigenvalue weighted by Crippen LogP contribution is 2.38. The molecular formula is C21H19N3O3. The standard InChI is InChI=1S/C21H19N3O3/c25-21(17-13-22-15-4-1-2-5-16(15)23-17)24-9-3-6-18(24)14-7-8-19-20(12-14)27-11-10-26-19/h1-2,4-5,7-8,12-13,18H,3,6,9-11H2/t18-/m0/s1. The highest BCUT2D eigenvalue weighted by molar-refractivity contribution is 5.94. The maximum Gasteiger partial charge on any atom is 0.274 e. The average molecular weight is 361 g/mol. The van der Waals surface area contributed by atoms with E-state index in [2.05, 4.69) is 9.97 Å². The van der Waals surface area contributed by atoms with Crippen LogP contribution in [0.1, 0.15) is 34.9 Å². The zero-order chi connectivity index (χ0) is 18.2. The molecule has 0 N–H and O–H groups in total. The Morgan fingerprint density at radius 3 is 2.74 bits per heavy atom. The van der Waals surface area contributed by atoms with Gasteiger partial charge in [0.15, 0.2) is 11.5 Å². The zero-order valence-electron chi connectivity index (χ0n) is 14.8. The SMILES string of the molecule is O=C(c1cnc2ccccc2n1)N1CCC[C@H]1c1ccc2c(c1)OCCO2. The zero-order valence-corrected chi connectivity index (χ0v) is 14.8. The maximum absolute atomic E-state index is 13.1. The Morgan fingerprint density at radius 2 is 1.85 bits per heavy atom. The first-order valence-corrected chi connectivity index (χ1v) is 9.22. The summed E-state index contributed by atoms with van der Waals surface area (Å²) in [6, 6.07) is 13.6. The third kappa shape index (κ3) is 2.87. The Balaban J connectivity index is 1.45. The molecule has 1 atom stereocenters. The number of carbonyl (C=O) groups is 1. The van der Waals surface area contributed by atoms with E-state index in [9.17, 15) is 4.79 Å². The van der Waals surface area contributed by atoms with Crippen molar-refractivity contribution < 1.29 is 14.3 Å². The van der Waals surface area contributed by atoms with Gasteiger partial charge in [-0.2, -0.15) is 0 Å². The van der Waals surface area contributed by atoms with Gasteiger partial charge in [0.1, 0.15) is 18.9 Å². The van der Waals surface area contributed by atoms with Crippen molar-refractivity contribution in [2.45, 2.75) is 18.9 Å². The van der Waals surface area contributed by atoms with Crippen molar-refractivity contribution >= 4 is 16.9 Å². The fourth-order valence-electron chi connectivity index (χ4n) is 3.83. The Bertz CT molecular complexity index is 1020. The molecule has 1 fully saturated rings. The van der Waals surface area contributed by atoms with Gasteiger partial charge in [-0.05, 0) is 42.7 Å². The molecule has 1 saturated heterocycles. The average Bonchev–Trinajstić information content (AvgIpc) is 3.22. The van der Waals surface area contributed by atoms with Crippen molar-refractivity contribution in [2.24, 2.45) is 0 Å². The van der Waals surface area contributed by atoms with Crippen molar-refractivity contribution in [1.29, 1.82) is 0 Å². The smallest absolute Gasteiger partial charge is 0.274 e. The minimum Gasteiger partial charge on any atom is -0.486 e. The summed E-state index contributed by atoms with van der Waals surface area (Å²) in [5.41, 5.74) is 2.98. The number of hydrogen-bond donors (Lipinski definition) is 0. The molecule has 5 rings (SSSR count). The van der Waals surface area contributed by atoms with Gasteiger partial charge in [-0.1, -0.05) is 18.2 Å². The van der Waals surface area contributed by atoms with E-state index in [-0.39, 0.29) is 11.9 Å². The number of rotatable bonds is 2. The maximum atomic E-state index is 13.1. The summed E-state index contributed by atoms with van der Waals surface area (Å²) in [5.74, 6) is 1.44. The molecular weight excluding hydrogens is 342 g/mol. The van der Waals surface area contributed by atoms with Crippen LogP contribution in [-0.2, 0) is 0 Å². The number of nitrogens with zero attached hydrogens (tertiary/aromatic N) is 3. The summed E-state index contributed by atoms with van der Waals surface area (Å²) in [6.45, 7) is 1.84. The molecule has 1 aromatic heterocycles. The number of carbonyl (C=O) groups excluding carboxylic acids is 1. The summed E-state index contributed by atoms with van der Waals surface area (Å²) in [6.07, 6.45) is 3.46. The Labute approximate surface area is 156 Å². The van der Waals surface area contributed by atoms with E-state index in [0.29, 0.717) is 25.5 Å². The fraction of sp³-hybridized carbons (Fsp3) is 0.286. The van der Waals surface area contributed by atoms with Crippen LogP contribution in [0.3, 0.4) is 0 Å². The molecule has 2 aliphatic rings. The molecule has 3 aromatic rings. The largest absolute Gasteiger partial charge is 0.486 e. The monoisotopic (exact) mass is 361 g/mol. The van der Waals surface area contributed by atoms with E-state index in [1.807, 2.05) is 47.4 Å². The predicted octanol–water partition coefficient (Wildman–Crippen LogP) is 3.38. The first-order valence-electron chi connectivity index (χ1n) is 9.22. The quantitative estimate of drug-likeness (QED) is 0.700. The number of hydrogen-bond acceptors (Lipinski definition) is 5. The number of aromatic nitrogens is 2. The van der Waals surface area contributed by atoms with E-state index >= 15 is 0 Å². The molecule has 0 bridgehead atoms. The molecule has 6 nitrogen and oxygen atoms in total. The highest BCUT2D eigenvalue weighted by Gasteiger charge is 2.32. The van der Waals surface area contributed by atoms with Gasteiger partial charge < -0.3 is 14.4 Å². The van der Waals surface area contributed by atoms with Gasteiger partial charge in [0, 0.05) is 6.54 Å².